The summed E-state index contributed by atoms with van der Waals surface area (Å²) in [6.07, 6.45) is -3.36. The molecule has 8 nitrogen and oxygen atoms in total. The van der Waals surface area contributed by atoms with E-state index in [2.05, 4.69) is 26.1 Å². The summed E-state index contributed by atoms with van der Waals surface area (Å²) >= 11 is 0. The molecule has 0 fully saturated rings. The van der Waals surface area contributed by atoms with Crippen LogP contribution in [0.15, 0.2) is 48.7 Å². The van der Waals surface area contributed by atoms with E-state index in [1.165, 1.54) is 6.20 Å². The van der Waals surface area contributed by atoms with Crippen molar-refractivity contribution in [2.75, 3.05) is 16.0 Å². The minimum Gasteiger partial charge on any atom is -0.378 e. The number of anilines is 3. The highest BCUT2D eigenvalue weighted by molar-refractivity contribution is 6.00. The van der Waals surface area contributed by atoms with E-state index in [9.17, 15) is 27.2 Å². The lowest BCUT2D eigenvalue weighted by atomic mass is 10.2. The number of nitrogens with two attached hydrogens (primary N) is 1. The molecular formula is C19H16F4N6O2. The number of benzene rings is 2. The number of halogens is 4. The predicted octanol–water partition coefficient (Wildman–Crippen LogP) is 3.92. The third-order valence-electron chi connectivity index (χ3n) is 4.04. The molecule has 0 atom stereocenters. The van der Waals surface area contributed by atoms with Gasteiger partial charge < -0.3 is 21.7 Å². The molecule has 3 amide bonds. The van der Waals surface area contributed by atoms with E-state index < -0.39 is 29.5 Å². The Hall–Kier alpha value is -4.09. The topological polar surface area (TPSA) is 125 Å². The first-order chi connectivity index (χ1) is 14.6. The van der Waals surface area contributed by atoms with Gasteiger partial charge in [-0.1, -0.05) is 12.1 Å². The molecule has 3 rings (SSSR count). The molecule has 0 aliphatic rings. The van der Waals surface area contributed by atoms with E-state index in [4.69, 9.17) is 5.73 Å². The van der Waals surface area contributed by atoms with E-state index in [1.807, 2.05) is 0 Å². The summed E-state index contributed by atoms with van der Waals surface area (Å²) in [6.45, 7) is 0.260. The maximum absolute atomic E-state index is 13.5. The van der Waals surface area contributed by atoms with Gasteiger partial charge in [-0.3, -0.25) is 9.89 Å². The number of hydrogen-bond acceptors (Lipinski definition) is 4. The molecule has 6 N–H and O–H groups in total. The van der Waals surface area contributed by atoms with Gasteiger partial charge in [0.05, 0.1) is 17.4 Å². The molecule has 3 aromatic rings. The quantitative estimate of drug-likeness (QED) is 0.376. The molecular weight excluding hydrogens is 420 g/mol. The van der Waals surface area contributed by atoms with Gasteiger partial charge in [-0.2, -0.15) is 18.3 Å². The van der Waals surface area contributed by atoms with Crippen molar-refractivity contribution in [2.45, 2.75) is 12.7 Å². The number of primary amides is 1. The number of H-pyrrole nitrogens is 1. The van der Waals surface area contributed by atoms with Crippen molar-refractivity contribution in [3.8, 4) is 0 Å². The Kier molecular flexibility index (Phi) is 6.09. The van der Waals surface area contributed by atoms with Gasteiger partial charge in [-0.25, -0.2) is 9.18 Å². The van der Waals surface area contributed by atoms with Gasteiger partial charge in [0.1, 0.15) is 11.5 Å². The smallest absolute Gasteiger partial charge is 0.378 e. The summed E-state index contributed by atoms with van der Waals surface area (Å²) in [5.41, 5.74) is 5.22. The Balaban J connectivity index is 1.64. The fourth-order valence-corrected chi connectivity index (χ4v) is 2.68. The maximum Gasteiger partial charge on any atom is 0.416 e. The van der Waals surface area contributed by atoms with Gasteiger partial charge in [0.25, 0.3) is 5.91 Å². The Morgan fingerprint density at radius 2 is 1.81 bits per heavy atom. The Bertz CT molecular complexity index is 1110. The summed E-state index contributed by atoms with van der Waals surface area (Å²) in [7, 11) is 0. The van der Waals surface area contributed by atoms with Crippen LogP contribution in [0.2, 0.25) is 0 Å². The van der Waals surface area contributed by atoms with Crippen molar-refractivity contribution >= 4 is 29.0 Å². The predicted molar refractivity (Wildman–Crippen MR) is 105 cm³/mol. The first kappa shape index (κ1) is 21.6. The van der Waals surface area contributed by atoms with Crippen molar-refractivity contribution in [3.05, 3.63) is 71.3 Å². The highest BCUT2D eigenvalue weighted by Gasteiger charge is 2.31. The first-order valence-electron chi connectivity index (χ1n) is 8.73. The molecule has 0 saturated carbocycles. The van der Waals surface area contributed by atoms with Crippen LogP contribution < -0.4 is 21.7 Å². The van der Waals surface area contributed by atoms with E-state index in [1.54, 1.807) is 24.3 Å². The Morgan fingerprint density at radius 3 is 2.52 bits per heavy atom. The molecule has 0 aliphatic heterocycles. The molecule has 0 bridgehead atoms. The lowest BCUT2D eigenvalue weighted by molar-refractivity contribution is -0.137. The molecule has 2 aromatic carbocycles. The zero-order valence-corrected chi connectivity index (χ0v) is 15.7. The third kappa shape index (κ3) is 5.72. The van der Waals surface area contributed by atoms with Gasteiger partial charge in [-0.05, 0) is 35.9 Å². The van der Waals surface area contributed by atoms with E-state index in [0.717, 1.165) is 6.07 Å². The number of nitrogens with one attached hydrogen (secondary N) is 4. The minimum atomic E-state index is -4.75. The second kappa shape index (κ2) is 8.73. The van der Waals surface area contributed by atoms with Gasteiger partial charge in [0.15, 0.2) is 0 Å². The van der Waals surface area contributed by atoms with Gasteiger partial charge in [0.2, 0.25) is 0 Å². The van der Waals surface area contributed by atoms with Crippen molar-refractivity contribution in [1.82, 2.24) is 10.2 Å². The fourth-order valence-electron chi connectivity index (χ4n) is 2.68. The zero-order chi connectivity index (χ0) is 22.6. The van der Waals surface area contributed by atoms with Crippen molar-refractivity contribution in [2.24, 2.45) is 5.73 Å². The molecule has 12 heteroatoms. The zero-order valence-electron chi connectivity index (χ0n) is 15.7. The Labute approximate surface area is 172 Å². The van der Waals surface area contributed by atoms with Crippen LogP contribution >= 0.6 is 0 Å². The summed E-state index contributed by atoms with van der Waals surface area (Å²) < 4.78 is 51.8. The molecule has 0 unspecified atom stereocenters. The average Bonchev–Trinajstić information content (AvgIpc) is 3.14. The molecule has 0 radical (unpaired) electrons. The van der Waals surface area contributed by atoms with E-state index in [-0.39, 0.29) is 17.9 Å². The van der Waals surface area contributed by atoms with Crippen LogP contribution in [0.4, 0.5) is 39.4 Å². The molecule has 31 heavy (non-hydrogen) atoms. The second-order valence-corrected chi connectivity index (χ2v) is 6.38. The monoisotopic (exact) mass is 436 g/mol. The summed E-state index contributed by atoms with van der Waals surface area (Å²) in [5, 5.41) is 13.8. The number of nitrogens with zero attached hydrogens (tertiary/aromatic N) is 1. The van der Waals surface area contributed by atoms with Crippen LogP contribution in [-0.4, -0.2) is 22.1 Å². The van der Waals surface area contributed by atoms with Gasteiger partial charge in [-0.15, -0.1) is 0 Å². The summed E-state index contributed by atoms with van der Waals surface area (Å²) in [4.78, 5) is 23.4. The second-order valence-electron chi connectivity index (χ2n) is 6.38. The fraction of sp³-hybridized carbons (Fsp3) is 0.105. The van der Waals surface area contributed by atoms with E-state index in [0.29, 0.717) is 29.1 Å². The number of alkyl halides is 3. The van der Waals surface area contributed by atoms with Crippen LogP contribution in [0.25, 0.3) is 0 Å². The highest BCUT2D eigenvalue weighted by atomic mass is 19.4. The normalized spacial score (nSPS) is 11.1. The average molecular weight is 436 g/mol. The van der Waals surface area contributed by atoms with Crippen LogP contribution in [0.5, 0.6) is 0 Å². The number of carbonyl (C=O) groups excluding carboxylic acids is 2. The number of aromatic amines is 1. The maximum atomic E-state index is 13.5. The van der Waals surface area contributed by atoms with Crippen LogP contribution in [-0.2, 0) is 12.7 Å². The van der Waals surface area contributed by atoms with Crippen molar-refractivity contribution in [1.29, 1.82) is 0 Å². The van der Waals surface area contributed by atoms with Gasteiger partial charge >= 0.3 is 12.2 Å². The summed E-state index contributed by atoms with van der Waals surface area (Å²) in [5.74, 6) is -1.81. The molecule has 162 valence electrons. The minimum absolute atomic E-state index is 0.113. The van der Waals surface area contributed by atoms with Crippen molar-refractivity contribution < 1.29 is 27.2 Å². The van der Waals surface area contributed by atoms with Crippen molar-refractivity contribution in [3.63, 3.8) is 0 Å². The van der Waals surface area contributed by atoms with Gasteiger partial charge in [0, 0.05) is 17.9 Å². The van der Waals surface area contributed by atoms with Crippen LogP contribution in [0.1, 0.15) is 21.6 Å². The lowest BCUT2D eigenvalue weighted by Gasteiger charge is -2.12. The molecule has 1 aromatic heterocycles. The number of amides is 3. The molecule has 0 aliphatic carbocycles. The largest absolute Gasteiger partial charge is 0.416 e. The molecule has 1 heterocycles. The van der Waals surface area contributed by atoms with E-state index >= 15 is 0 Å². The highest BCUT2D eigenvalue weighted by Crippen LogP contribution is 2.31. The van der Waals surface area contributed by atoms with Crippen LogP contribution in [0.3, 0.4) is 0 Å². The first-order valence-corrected chi connectivity index (χ1v) is 8.73. The van der Waals surface area contributed by atoms with Crippen LogP contribution in [0, 0.1) is 5.82 Å². The number of hydrogen-bond donors (Lipinski definition) is 5. The lowest BCUT2D eigenvalue weighted by Crippen LogP contribution is -2.20. The standard InChI is InChI=1S/C19H16F4N6O2/c20-12-5-11(19(21,22)23)6-14(7-12)28-18(31)27-13-3-1-2-10(4-13)8-25-15-9-26-29-16(15)17(24)30/h1-7,9,25H,8H2,(H2,24,30)(H,26,29)(H2,27,28,31). The number of aromatic nitrogens is 2. The summed E-state index contributed by atoms with van der Waals surface area (Å²) in [6, 6.07) is 7.42. The molecule has 0 saturated heterocycles. The molecule has 0 spiro atoms. The number of carbonyl (C=O) groups is 2. The number of urea groups is 1. The third-order valence-corrected chi connectivity index (χ3v) is 4.04. The Morgan fingerprint density at radius 1 is 1.06 bits per heavy atom. The SMILES string of the molecule is NC(=O)c1[nH]ncc1NCc1cccc(NC(=O)Nc2cc(F)cc(C(F)(F)F)c2)c1. The number of rotatable bonds is 6.